The number of carbonyl (C=O) groups is 3. The van der Waals surface area contributed by atoms with E-state index in [0.717, 1.165) is 24.2 Å². The molecule has 0 spiro atoms. The van der Waals surface area contributed by atoms with Crippen LogP contribution < -0.4 is 10.6 Å². The van der Waals surface area contributed by atoms with Crippen LogP contribution in [-0.4, -0.2) is 69.9 Å². The summed E-state index contributed by atoms with van der Waals surface area (Å²) in [6.07, 6.45) is 0.619. The third-order valence-electron chi connectivity index (χ3n) is 5.84. The molecule has 0 bridgehead atoms. The van der Waals surface area contributed by atoms with E-state index in [0.29, 0.717) is 37.7 Å². The van der Waals surface area contributed by atoms with Crippen molar-refractivity contribution in [1.29, 1.82) is 0 Å². The first kappa shape index (κ1) is 20.0. The van der Waals surface area contributed by atoms with Crippen molar-refractivity contribution in [3.63, 3.8) is 0 Å². The second-order valence-corrected chi connectivity index (χ2v) is 8.92. The molecule has 8 heteroatoms. The SMILES string of the molecule is CC(C)(O)CN(Cc1ccc2c(c1)C(=O)N(C1CCC(=O)NC1=O)C2)C1CNC1. The fraction of sp³-hybridized carbons (Fsp3) is 0.571. The second kappa shape index (κ2) is 7.51. The molecule has 3 aliphatic heterocycles. The van der Waals surface area contributed by atoms with Crippen molar-refractivity contribution in [2.75, 3.05) is 19.6 Å². The lowest BCUT2D eigenvalue weighted by Gasteiger charge is -2.41. The number of hydrogen-bond donors (Lipinski definition) is 3. The number of rotatable bonds is 6. The van der Waals surface area contributed by atoms with Crippen LogP contribution in [0.15, 0.2) is 18.2 Å². The van der Waals surface area contributed by atoms with Crippen molar-refractivity contribution in [3.05, 3.63) is 34.9 Å². The first-order valence-corrected chi connectivity index (χ1v) is 10.1. The Morgan fingerprint density at radius 3 is 2.62 bits per heavy atom. The zero-order chi connectivity index (χ0) is 20.8. The zero-order valence-electron chi connectivity index (χ0n) is 16.9. The summed E-state index contributed by atoms with van der Waals surface area (Å²) in [5.41, 5.74) is 1.74. The second-order valence-electron chi connectivity index (χ2n) is 8.92. The molecule has 0 aliphatic carbocycles. The van der Waals surface area contributed by atoms with Gasteiger partial charge in [0.25, 0.3) is 5.91 Å². The molecule has 2 saturated heterocycles. The summed E-state index contributed by atoms with van der Waals surface area (Å²) in [6.45, 7) is 6.97. The summed E-state index contributed by atoms with van der Waals surface area (Å²) in [5, 5.41) is 15.9. The largest absolute Gasteiger partial charge is 0.389 e. The molecule has 4 rings (SSSR count). The minimum absolute atomic E-state index is 0.157. The highest BCUT2D eigenvalue weighted by molar-refractivity contribution is 6.05. The van der Waals surface area contributed by atoms with E-state index in [2.05, 4.69) is 15.5 Å². The van der Waals surface area contributed by atoms with E-state index in [1.807, 2.05) is 18.2 Å². The Balaban J connectivity index is 1.50. The van der Waals surface area contributed by atoms with Crippen molar-refractivity contribution in [3.8, 4) is 0 Å². The third-order valence-corrected chi connectivity index (χ3v) is 5.84. The van der Waals surface area contributed by atoms with E-state index < -0.39 is 17.6 Å². The predicted molar refractivity (Wildman–Crippen MR) is 106 cm³/mol. The van der Waals surface area contributed by atoms with Crippen LogP contribution in [0.5, 0.6) is 0 Å². The van der Waals surface area contributed by atoms with Gasteiger partial charge in [-0.25, -0.2) is 0 Å². The maximum atomic E-state index is 13.0. The van der Waals surface area contributed by atoms with Crippen molar-refractivity contribution < 1.29 is 19.5 Å². The Morgan fingerprint density at radius 1 is 1.24 bits per heavy atom. The highest BCUT2D eigenvalue weighted by atomic mass is 16.3. The molecular weight excluding hydrogens is 372 g/mol. The number of imide groups is 1. The molecule has 1 atom stereocenters. The molecule has 1 unspecified atom stereocenters. The quantitative estimate of drug-likeness (QED) is 0.581. The Morgan fingerprint density at radius 2 is 2.00 bits per heavy atom. The average molecular weight is 400 g/mol. The number of amides is 3. The van der Waals surface area contributed by atoms with Crippen molar-refractivity contribution >= 4 is 17.7 Å². The van der Waals surface area contributed by atoms with Crippen LogP contribution in [0.4, 0.5) is 0 Å². The van der Waals surface area contributed by atoms with Gasteiger partial charge in [0, 0.05) is 50.7 Å². The Labute approximate surface area is 170 Å². The molecule has 0 radical (unpaired) electrons. The van der Waals surface area contributed by atoms with Crippen LogP contribution >= 0.6 is 0 Å². The molecular formula is C21H28N4O4. The van der Waals surface area contributed by atoms with Crippen molar-refractivity contribution in [2.45, 2.75) is 57.5 Å². The molecule has 1 aromatic carbocycles. The van der Waals surface area contributed by atoms with Crippen LogP contribution in [0.1, 0.15) is 48.2 Å². The van der Waals surface area contributed by atoms with E-state index in [-0.39, 0.29) is 18.2 Å². The van der Waals surface area contributed by atoms with Gasteiger partial charge in [-0.1, -0.05) is 12.1 Å². The van der Waals surface area contributed by atoms with Gasteiger partial charge in [0.1, 0.15) is 6.04 Å². The highest BCUT2D eigenvalue weighted by Crippen LogP contribution is 2.29. The van der Waals surface area contributed by atoms with Gasteiger partial charge < -0.3 is 15.3 Å². The zero-order valence-corrected chi connectivity index (χ0v) is 16.9. The maximum Gasteiger partial charge on any atom is 0.255 e. The van der Waals surface area contributed by atoms with E-state index in [9.17, 15) is 19.5 Å². The fourth-order valence-electron chi connectivity index (χ4n) is 4.28. The molecule has 3 amide bonds. The minimum Gasteiger partial charge on any atom is -0.389 e. The highest BCUT2D eigenvalue weighted by Gasteiger charge is 2.39. The topological polar surface area (TPSA) is 102 Å². The Bertz CT molecular complexity index is 844. The van der Waals surface area contributed by atoms with Crippen molar-refractivity contribution in [2.24, 2.45) is 0 Å². The molecule has 2 fully saturated rings. The van der Waals surface area contributed by atoms with Crippen molar-refractivity contribution in [1.82, 2.24) is 20.4 Å². The smallest absolute Gasteiger partial charge is 0.255 e. The van der Waals surface area contributed by atoms with E-state index >= 15 is 0 Å². The van der Waals surface area contributed by atoms with E-state index in [1.165, 1.54) is 0 Å². The molecule has 8 nitrogen and oxygen atoms in total. The predicted octanol–water partition coefficient (Wildman–Crippen LogP) is -0.00770. The molecule has 1 aromatic rings. The molecule has 3 N–H and O–H groups in total. The van der Waals surface area contributed by atoms with Crippen LogP contribution in [0.2, 0.25) is 0 Å². The maximum absolute atomic E-state index is 13.0. The number of benzene rings is 1. The number of hydrogen-bond acceptors (Lipinski definition) is 6. The normalized spacial score (nSPS) is 22.7. The molecule has 156 valence electrons. The Kier molecular flexibility index (Phi) is 5.18. The lowest BCUT2D eigenvalue weighted by Crippen LogP contribution is -2.59. The minimum atomic E-state index is -0.801. The van der Waals surface area contributed by atoms with Crippen LogP contribution in [0, 0.1) is 0 Å². The van der Waals surface area contributed by atoms with Gasteiger partial charge in [-0.2, -0.15) is 0 Å². The monoisotopic (exact) mass is 400 g/mol. The summed E-state index contributed by atoms with van der Waals surface area (Å²) in [4.78, 5) is 40.4. The van der Waals surface area contributed by atoms with Gasteiger partial charge in [-0.05, 0) is 37.5 Å². The molecule has 0 saturated carbocycles. The number of carbonyl (C=O) groups excluding carboxylic acids is 3. The fourth-order valence-corrected chi connectivity index (χ4v) is 4.28. The van der Waals surface area contributed by atoms with Gasteiger partial charge in [0.05, 0.1) is 5.60 Å². The number of piperidine rings is 1. The first-order chi connectivity index (χ1) is 13.7. The molecule has 3 heterocycles. The summed E-state index contributed by atoms with van der Waals surface area (Å²) >= 11 is 0. The molecule has 3 aliphatic rings. The van der Waals surface area contributed by atoms with E-state index in [4.69, 9.17) is 0 Å². The standard InChI is InChI=1S/C21H28N4O4/c1-21(2,29)12-24(15-8-22-9-15)10-13-3-4-14-11-25(20(28)16(14)7-13)17-5-6-18(26)23-19(17)27/h3-4,7,15,17,22,29H,5-6,8-12H2,1-2H3,(H,23,26,27). The third kappa shape index (κ3) is 4.19. The van der Waals surface area contributed by atoms with Gasteiger partial charge in [-0.3, -0.25) is 24.6 Å². The number of aliphatic hydroxyl groups is 1. The number of nitrogens with zero attached hydrogens (tertiary/aromatic N) is 2. The van der Waals surface area contributed by atoms with Gasteiger partial charge in [0.2, 0.25) is 11.8 Å². The average Bonchev–Trinajstić information content (AvgIpc) is 2.88. The summed E-state index contributed by atoms with van der Waals surface area (Å²) in [6, 6.07) is 5.65. The Hall–Kier alpha value is -2.29. The first-order valence-electron chi connectivity index (χ1n) is 10.1. The lowest BCUT2D eigenvalue weighted by atomic mass is 10.0. The summed E-state index contributed by atoms with van der Waals surface area (Å²) in [7, 11) is 0. The van der Waals surface area contributed by atoms with Gasteiger partial charge in [-0.15, -0.1) is 0 Å². The molecule has 29 heavy (non-hydrogen) atoms. The number of fused-ring (bicyclic) bond motifs is 1. The van der Waals surface area contributed by atoms with Gasteiger partial charge in [0.15, 0.2) is 0 Å². The van der Waals surface area contributed by atoms with Crippen LogP contribution in [0.3, 0.4) is 0 Å². The summed E-state index contributed by atoms with van der Waals surface area (Å²) < 4.78 is 0. The summed E-state index contributed by atoms with van der Waals surface area (Å²) in [5.74, 6) is -0.831. The van der Waals surface area contributed by atoms with Crippen LogP contribution in [0.25, 0.3) is 0 Å². The number of nitrogens with one attached hydrogen (secondary N) is 2. The van der Waals surface area contributed by atoms with Crippen LogP contribution in [-0.2, 0) is 22.7 Å². The van der Waals surface area contributed by atoms with Gasteiger partial charge >= 0.3 is 0 Å². The lowest BCUT2D eigenvalue weighted by molar-refractivity contribution is -0.136. The molecule has 0 aromatic heterocycles. The van der Waals surface area contributed by atoms with E-state index in [1.54, 1.807) is 18.7 Å².